The number of carbonyl (C=O) groups excluding carboxylic acids is 1. The van der Waals surface area contributed by atoms with Crippen LogP contribution in [0.5, 0.6) is 0 Å². The fraction of sp³-hybridized carbons (Fsp3) is 0. The smallest absolute Gasteiger partial charge is 0.302 e. The van der Waals surface area contributed by atoms with Crippen LogP contribution in [0, 0.1) is 0 Å². The van der Waals surface area contributed by atoms with Crippen LogP contribution < -0.4 is 10.7 Å². The molecule has 0 bridgehead atoms. The van der Waals surface area contributed by atoms with Crippen molar-refractivity contribution in [2.24, 2.45) is 0 Å². The zero-order valence-corrected chi connectivity index (χ0v) is 14.0. The fourth-order valence-corrected chi connectivity index (χ4v) is 2.94. The van der Waals surface area contributed by atoms with Crippen LogP contribution in [0.3, 0.4) is 0 Å². The molecule has 25 heavy (non-hydrogen) atoms. The van der Waals surface area contributed by atoms with Crippen LogP contribution in [0.2, 0.25) is 10.0 Å². The van der Waals surface area contributed by atoms with Gasteiger partial charge in [-0.2, -0.15) is 0 Å². The summed E-state index contributed by atoms with van der Waals surface area (Å²) in [6, 6.07) is 12.8. The standard InChI is InChI=1S/C18H9Cl2NO4/c19-9-5-6-13(12(20)7-9)21-17(23)15-8-11-16(22)10-3-1-2-4-14(10)24-18(11)25-15/h1-8H,(H,21,23). The number of hydrogen-bond acceptors (Lipinski definition) is 4. The van der Waals surface area contributed by atoms with E-state index in [4.69, 9.17) is 32.0 Å². The van der Waals surface area contributed by atoms with Crippen molar-refractivity contribution in [3.8, 4) is 0 Å². The number of amides is 1. The Kier molecular flexibility index (Phi) is 3.75. The van der Waals surface area contributed by atoms with Crippen molar-refractivity contribution in [2.45, 2.75) is 0 Å². The zero-order valence-electron chi connectivity index (χ0n) is 12.5. The average molecular weight is 374 g/mol. The maximum absolute atomic E-state index is 12.5. The fourth-order valence-electron chi connectivity index (χ4n) is 2.48. The molecule has 2 aromatic carbocycles. The molecule has 4 aromatic rings. The monoisotopic (exact) mass is 373 g/mol. The van der Waals surface area contributed by atoms with E-state index in [1.807, 2.05) is 0 Å². The molecular weight excluding hydrogens is 365 g/mol. The maximum Gasteiger partial charge on any atom is 0.302 e. The molecule has 0 saturated heterocycles. The maximum atomic E-state index is 12.5. The average Bonchev–Trinajstić information content (AvgIpc) is 3.02. The first-order valence-electron chi connectivity index (χ1n) is 7.25. The Labute approximate surface area is 150 Å². The van der Waals surface area contributed by atoms with Gasteiger partial charge < -0.3 is 14.2 Å². The molecule has 0 atom stereocenters. The Balaban J connectivity index is 1.76. The van der Waals surface area contributed by atoms with Gasteiger partial charge >= 0.3 is 5.78 Å². The number of rotatable bonds is 2. The summed E-state index contributed by atoms with van der Waals surface area (Å²) in [4.78, 5) is 24.9. The molecule has 0 aliphatic rings. The van der Waals surface area contributed by atoms with Crippen LogP contribution in [0.1, 0.15) is 10.6 Å². The summed E-state index contributed by atoms with van der Waals surface area (Å²) in [6.45, 7) is 0. The second kappa shape index (κ2) is 5.95. The molecule has 0 aliphatic carbocycles. The number of anilines is 1. The summed E-state index contributed by atoms with van der Waals surface area (Å²) in [5.41, 5.74) is 0.507. The van der Waals surface area contributed by atoms with Crippen LogP contribution >= 0.6 is 23.2 Å². The second-order valence-electron chi connectivity index (χ2n) is 5.32. The van der Waals surface area contributed by atoms with Gasteiger partial charge in [-0.1, -0.05) is 35.3 Å². The van der Waals surface area contributed by atoms with Crippen LogP contribution in [0.25, 0.3) is 22.1 Å². The second-order valence-corrected chi connectivity index (χ2v) is 6.16. The van der Waals surface area contributed by atoms with E-state index in [0.29, 0.717) is 21.7 Å². The lowest BCUT2D eigenvalue weighted by Crippen LogP contribution is -2.11. The molecule has 5 nitrogen and oxygen atoms in total. The van der Waals surface area contributed by atoms with Crippen molar-refractivity contribution in [3.63, 3.8) is 0 Å². The molecule has 124 valence electrons. The third-order valence-electron chi connectivity index (χ3n) is 3.68. The summed E-state index contributed by atoms with van der Waals surface area (Å²) in [5, 5.41) is 3.97. The van der Waals surface area contributed by atoms with E-state index >= 15 is 0 Å². The lowest BCUT2D eigenvalue weighted by molar-refractivity contribution is 0.0997. The molecule has 0 fully saturated rings. The van der Waals surface area contributed by atoms with Gasteiger partial charge in [-0.05, 0) is 30.3 Å². The van der Waals surface area contributed by atoms with Gasteiger partial charge in [0.2, 0.25) is 5.43 Å². The van der Waals surface area contributed by atoms with Crippen LogP contribution in [0.15, 0.2) is 62.2 Å². The Bertz CT molecular complexity index is 1190. The topological polar surface area (TPSA) is 72.5 Å². The quantitative estimate of drug-likeness (QED) is 0.530. The van der Waals surface area contributed by atoms with Gasteiger partial charge in [0.25, 0.3) is 5.91 Å². The first-order chi connectivity index (χ1) is 12.0. The molecule has 2 aromatic heterocycles. The van der Waals surface area contributed by atoms with Gasteiger partial charge in [0.1, 0.15) is 11.0 Å². The van der Waals surface area contributed by atoms with E-state index < -0.39 is 5.91 Å². The van der Waals surface area contributed by atoms with Crippen molar-refractivity contribution < 1.29 is 13.6 Å². The molecule has 0 unspecified atom stereocenters. The van der Waals surface area contributed by atoms with Crippen molar-refractivity contribution in [2.75, 3.05) is 5.32 Å². The highest BCUT2D eigenvalue weighted by Gasteiger charge is 2.18. The minimum atomic E-state index is -0.556. The number of furan rings is 1. The van der Waals surface area contributed by atoms with E-state index in [-0.39, 0.29) is 27.4 Å². The highest BCUT2D eigenvalue weighted by atomic mass is 35.5. The largest absolute Gasteiger partial charge is 0.425 e. The normalized spacial score (nSPS) is 11.1. The third kappa shape index (κ3) is 2.77. The van der Waals surface area contributed by atoms with Gasteiger partial charge in [0, 0.05) is 11.1 Å². The van der Waals surface area contributed by atoms with E-state index in [0.717, 1.165) is 0 Å². The molecule has 0 spiro atoms. The van der Waals surface area contributed by atoms with Crippen molar-refractivity contribution >= 4 is 56.9 Å². The highest BCUT2D eigenvalue weighted by Crippen LogP contribution is 2.27. The first kappa shape index (κ1) is 15.7. The van der Waals surface area contributed by atoms with Gasteiger partial charge in [-0.15, -0.1) is 0 Å². The van der Waals surface area contributed by atoms with Crippen LogP contribution in [-0.4, -0.2) is 5.91 Å². The predicted octanol–water partition coefficient (Wildman–Crippen LogP) is 5.10. The first-order valence-corrected chi connectivity index (χ1v) is 8.00. The molecular formula is C18H9Cl2NO4. The minimum absolute atomic E-state index is 0.00365. The van der Waals surface area contributed by atoms with E-state index in [9.17, 15) is 9.59 Å². The molecule has 1 N–H and O–H groups in total. The molecule has 0 aliphatic heterocycles. The summed E-state index contributed by atoms with van der Waals surface area (Å²) >= 11 is 11.9. The summed E-state index contributed by atoms with van der Waals surface area (Å²) in [5.74, 6) is -0.618. The number of hydrogen-bond donors (Lipinski definition) is 1. The van der Waals surface area contributed by atoms with Crippen molar-refractivity contribution in [1.29, 1.82) is 0 Å². The Morgan fingerprint density at radius 3 is 2.56 bits per heavy atom. The summed E-state index contributed by atoms with van der Waals surface area (Å²) in [6.07, 6.45) is 0. The SMILES string of the molecule is O=C(Nc1ccc(Cl)cc1Cl)c1cc2c(=O)c3ccccc3oc2o1. The zero-order chi connectivity index (χ0) is 17.6. The van der Waals surface area contributed by atoms with Crippen molar-refractivity contribution in [1.82, 2.24) is 0 Å². The van der Waals surface area contributed by atoms with Gasteiger partial charge in [0.15, 0.2) is 5.76 Å². The summed E-state index contributed by atoms with van der Waals surface area (Å²) in [7, 11) is 0. The molecule has 0 saturated carbocycles. The lowest BCUT2D eigenvalue weighted by atomic mass is 10.2. The molecule has 4 rings (SSSR count). The number of carbonyl (C=O) groups is 1. The predicted molar refractivity (Wildman–Crippen MR) is 96.7 cm³/mol. The van der Waals surface area contributed by atoms with Gasteiger partial charge in [-0.3, -0.25) is 9.59 Å². The lowest BCUT2D eigenvalue weighted by Gasteiger charge is -2.05. The number of halogens is 2. The van der Waals surface area contributed by atoms with Gasteiger partial charge in [-0.25, -0.2) is 0 Å². The Morgan fingerprint density at radius 1 is 0.960 bits per heavy atom. The minimum Gasteiger partial charge on any atom is -0.425 e. The third-order valence-corrected chi connectivity index (χ3v) is 4.23. The molecule has 1 amide bonds. The van der Waals surface area contributed by atoms with Crippen LogP contribution in [-0.2, 0) is 0 Å². The summed E-state index contributed by atoms with van der Waals surface area (Å²) < 4.78 is 11.0. The number of nitrogens with one attached hydrogen (secondary N) is 1. The molecule has 0 radical (unpaired) electrons. The van der Waals surface area contributed by atoms with E-state index in [1.54, 1.807) is 36.4 Å². The Morgan fingerprint density at radius 2 is 1.76 bits per heavy atom. The molecule has 2 heterocycles. The van der Waals surface area contributed by atoms with E-state index in [2.05, 4.69) is 5.32 Å². The molecule has 7 heteroatoms. The Hall–Kier alpha value is -2.76. The van der Waals surface area contributed by atoms with Crippen LogP contribution in [0.4, 0.5) is 5.69 Å². The number of fused-ring (bicyclic) bond motifs is 2. The van der Waals surface area contributed by atoms with Crippen molar-refractivity contribution in [3.05, 3.63) is 74.6 Å². The highest BCUT2D eigenvalue weighted by molar-refractivity contribution is 6.36. The number of benzene rings is 2. The number of para-hydroxylation sites is 1. The van der Waals surface area contributed by atoms with Gasteiger partial charge in [0.05, 0.1) is 16.1 Å². The van der Waals surface area contributed by atoms with E-state index in [1.165, 1.54) is 12.1 Å².